The third kappa shape index (κ3) is 2.74. The molecule has 3 rings (SSSR count). The number of hydrazine groups is 1. The van der Waals surface area contributed by atoms with E-state index in [1.54, 1.807) is 6.07 Å². The molecule has 0 atom stereocenters. The smallest absolute Gasteiger partial charge is 0.265 e. The normalized spacial score (nSPS) is 10.7. The molecule has 3 N–H and O–H groups in total. The number of hydrogen-bond donors (Lipinski definition) is 2. The van der Waals surface area contributed by atoms with Crippen LogP contribution in [0.3, 0.4) is 0 Å². The molecule has 0 saturated heterocycles. The first-order valence-corrected chi connectivity index (χ1v) is 7.29. The van der Waals surface area contributed by atoms with Crippen LogP contribution in [0.5, 0.6) is 0 Å². The highest BCUT2D eigenvalue weighted by molar-refractivity contribution is 7.98. The summed E-state index contributed by atoms with van der Waals surface area (Å²) in [6, 6.07) is 13.1. The van der Waals surface area contributed by atoms with Crippen molar-refractivity contribution in [2.75, 3.05) is 0 Å². The van der Waals surface area contributed by atoms with E-state index in [1.165, 1.54) is 11.8 Å². The molecule has 0 aliphatic rings. The van der Waals surface area contributed by atoms with Gasteiger partial charge in [-0.15, -0.1) is 10.2 Å². The third-order valence-electron chi connectivity index (χ3n) is 3.03. The van der Waals surface area contributed by atoms with Crippen LogP contribution in [0.15, 0.2) is 53.8 Å². The van der Waals surface area contributed by atoms with Crippen LogP contribution in [0.25, 0.3) is 5.65 Å². The number of nitrogens with two attached hydrogens (primary N) is 1. The van der Waals surface area contributed by atoms with Gasteiger partial charge in [0.25, 0.3) is 5.91 Å². The van der Waals surface area contributed by atoms with Crippen molar-refractivity contribution in [2.45, 2.75) is 10.9 Å². The van der Waals surface area contributed by atoms with E-state index in [9.17, 15) is 4.79 Å². The minimum absolute atomic E-state index is 0.294. The molecule has 1 aromatic carbocycles. The molecule has 0 aliphatic heterocycles. The van der Waals surface area contributed by atoms with Crippen molar-refractivity contribution in [3.63, 3.8) is 0 Å². The predicted molar refractivity (Wildman–Crippen MR) is 80.6 cm³/mol. The van der Waals surface area contributed by atoms with Crippen molar-refractivity contribution in [3.05, 3.63) is 59.8 Å². The number of rotatable bonds is 4. The van der Waals surface area contributed by atoms with Crippen LogP contribution in [-0.4, -0.2) is 20.5 Å². The van der Waals surface area contributed by atoms with Crippen LogP contribution in [0.4, 0.5) is 0 Å². The van der Waals surface area contributed by atoms with E-state index in [0.29, 0.717) is 11.3 Å². The topological polar surface area (TPSA) is 85.3 Å². The largest absolute Gasteiger partial charge is 0.290 e. The Morgan fingerprint density at radius 1 is 1.19 bits per heavy atom. The Kier molecular flexibility index (Phi) is 3.85. The van der Waals surface area contributed by atoms with Gasteiger partial charge >= 0.3 is 0 Å². The van der Waals surface area contributed by atoms with Gasteiger partial charge in [-0.25, -0.2) is 5.84 Å². The highest BCUT2D eigenvalue weighted by atomic mass is 32.2. The average molecular weight is 299 g/mol. The minimum atomic E-state index is -0.294. The van der Waals surface area contributed by atoms with Crippen LogP contribution in [-0.2, 0) is 5.75 Å². The van der Waals surface area contributed by atoms with Gasteiger partial charge in [0.2, 0.25) is 0 Å². The molecule has 1 amide bonds. The quantitative estimate of drug-likeness (QED) is 0.331. The number of hydrogen-bond acceptors (Lipinski definition) is 5. The first-order valence-electron chi connectivity index (χ1n) is 6.31. The molecule has 2 heterocycles. The van der Waals surface area contributed by atoms with Gasteiger partial charge in [0.05, 0.1) is 0 Å². The fourth-order valence-electron chi connectivity index (χ4n) is 2.01. The number of pyridine rings is 1. The number of benzene rings is 1. The highest BCUT2D eigenvalue weighted by Crippen LogP contribution is 2.23. The molecule has 106 valence electrons. The number of nitrogens with one attached hydrogen (secondary N) is 1. The maximum absolute atomic E-state index is 11.7. The zero-order valence-electron chi connectivity index (χ0n) is 11.1. The number of carbonyl (C=O) groups is 1. The van der Waals surface area contributed by atoms with Gasteiger partial charge in [0.1, 0.15) is 0 Å². The van der Waals surface area contributed by atoms with E-state index in [0.717, 1.165) is 16.4 Å². The summed E-state index contributed by atoms with van der Waals surface area (Å²) in [7, 11) is 0. The van der Waals surface area contributed by atoms with Crippen LogP contribution < -0.4 is 11.3 Å². The summed E-state index contributed by atoms with van der Waals surface area (Å²) in [6.45, 7) is 0. The molecule has 0 aliphatic carbocycles. The molecule has 0 spiro atoms. The second-order valence-corrected chi connectivity index (χ2v) is 5.27. The monoisotopic (exact) mass is 299 g/mol. The van der Waals surface area contributed by atoms with E-state index in [4.69, 9.17) is 5.84 Å². The zero-order chi connectivity index (χ0) is 14.7. The molecule has 0 radical (unpaired) electrons. The van der Waals surface area contributed by atoms with Crippen LogP contribution in [0, 0.1) is 0 Å². The van der Waals surface area contributed by atoms with Gasteiger partial charge in [0, 0.05) is 17.5 Å². The van der Waals surface area contributed by atoms with Crippen molar-refractivity contribution in [1.29, 1.82) is 0 Å². The number of nitrogens with zero attached hydrogens (tertiary/aromatic N) is 3. The summed E-state index contributed by atoms with van der Waals surface area (Å²) in [5.41, 5.74) is 4.43. The standard InChI is InChI=1S/C14H13N5OS/c15-16-13(20)11-6-2-1-5-10(11)9-21-14-18-17-12-7-3-4-8-19(12)14/h1-8H,9,15H2,(H,16,20). The fourth-order valence-corrected chi connectivity index (χ4v) is 2.93. The van der Waals surface area contributed by atoms with E-state index in [-0.39, 0.29) is 5.91 Å². The summed E-state index contributed by atoms with van der Waals surface area (Å²) in [6.07, 6.45) is 1.91. The SMILES string of the molecule is NNC(=O)c1ccccc1CSc1nnc2ccccn12. The minimum Gasteiger partial charge on any atom is -0.290 e. The van der Waals surface area contributed by atoms with Crippen LogP contribution in [0.2, 0.25) is 0 Å². The van der Waals surface area contributed by atoms with Crippen molar-refractivity contribution < 1.29 is 4.79 Å². The maximum atomic E-state index is 11.7. The summed E-state index contributed by atoms with van der Waals surface area (Å²) in [5, 5.41) is 9.04. The second-order valence-electron chi connectivity index (χ2n) is 4.33. The molecule has 0 unspecified atom stereocenters. The Labute approximate surface area is 125 Å². The van der Waals surface area contributed by atoms with E-state index in [1.807, 2.05) is 47.0 Å². The second kappa shape index (κ2) is 5.94. The first kappa shape index (κ1) is 13.6. The molecule has 3 aromatic rings. The Morgan fingerprint density at radius 3 is 2.86 bits per heavy atom. The molecule has 0 bridgehead atoms. The molecule has 6 nitrogen and oxygen atoms in total. The first-order chi connectivity index (χ1) is 10.3. The van der Waals surface area contributed by atoms with Crippen molar-refractivity contribution in [3.8, 4) is 0 Å². The average Bonchev–Trinajstić information content (AvgIpc) is 2.96. The summed E-state index contributed by atoms with van der Waals surface area (Å²) in [4.78, 5) is 11.7. The zero-order valence-corrected chi connectivity index (χ0v) is 11.9. The van der Waals surface area contributed by atoms with Gasteiger partial charge in [-0.05, 0) is 23.8 Å². The predicted octanol–water partition coefficient (Wildman–Crippen LogP) is 1.63. The lowest BCUT2D eigenvalue weighted by Gasteiger charge is -2.07. The Balaban J connectivity index is 1.84. The van der Waals surface area contributed by atoms with Crippen molar-refractivity contribution >= 4 is 23.3 Å². The van der Waals surface area contributed by atoms with Gasteiger partial charge in [-0.2, -0.15) is 0 Å². The molecular weight excluding hydrogens is 286 g/mol. The molecule has 21 heavy (non-hydrogen) atoms. The van der Waals surface area contributed by atoms with Gasteiger partial charge < -0.3 is 0 Å². The number of aromatic nitrogens is 3. The molecule has 0 fully saturated rings. The molecule has 2 aromatic heterocycles. The fraction of sp³-hybridized carbons (Fsp3) is 0.0714. The van der Waals surface area contributed by atoms with Crippen molar-refractivity contribution in [1.82, 2.24) is 20.0 Å². The van der Waals surface area contributed by atoms with Gasteiger partial charge in [-0.3, -0.25) is 14.6 Å². The Hall–Kier alpha value is -2.38. The van der Waals surface area contributed by atoms with Crippen molar-refractivity contribution in [2.24, 2.45) is 5.84 Å². The Bertz CT molecular complexity index is 786. The maximum Gasteiger partial charge on any atom is 0.265 e. The van der Waals surface area contributed by atoms with Gasteiger partial charge in [0.15, 0.2) is 10.8 Å². The summed E-state index contributed by atoms with van der Waals surface area (Å²) < 4.78 is 1.91. The molecule has 7 heteroatoms. The lowest BCUT2D eigenvalue weighted by atomic mass is 10.1. The lowest BCUT2D eigenvalue weighted by Crippen LogP contribution is -2.30. The number of thioether (sulfide) groups is 1. The lowest BCUT2D eigenvalue weighted by molar-refractivity contribution is 0.0953. The summed E-state index contributed by atoms with van der Waals surface area (Å²) >= 11 is 1.52. The van der Waals surface area contributed by atoms with E-state index < -0.39 is 0 Å². The number of fused-ring (bicyclic) bond motifs is 1. The van der Waals surface area contributed by atoms with E-state index in [2.05, 4.69) is 15.6 Å². The number of carbonyl (C=O) groups excluding carboxylic acids is 1. The van der Waals surface area contributed by atoms with Crippen LogP contribution in [0.1, 0.15) is 15.9 Å². The van der Waals surface area contributed by atoms with Crippen LogP contribution >= 0.6 is 11.8 Å². The molecule has 0 saturated carbocycles. The summed E-state index contributed by atoms with van der Waals surface area (Å²) in [5.74, 6) is 5.52. The Morgan fingerprint density at radius 2 is 2.00 bits per heavy atom. The van der Waals surface area contributed by atoms with Gasteiger partial charge in [-0.1, -0.05) is 36.0 Å². The van der Waals surface area contributed by atoms with E-state index >= 15 is 0 Å². The third-order valence-corrected chi connectivity index (χ3v) is 4.02. The number of amides is 1. The highest BCUT2D eigenvalue weighted by Gasteiger charge is 2.11. The number of nitrogen functional groups attached to an aromatic ring is 1. The molecular formula is C14H13N5OS.